The summed E-state index contributed by atoms with van der Waals surface area (Å²) >= 11 is 0. The van der Waals surface area contributed by atoms with Crippen molar-refractivity contribution in [1.82, 2.24) is 0 Å². The molecule has 0 aliphatic heterocycles. The standard InChI is InChI=1S/C11H17O3P/c1-4-13-15(12-3)14-9-11-7-5-10(2)6-8-11/h5-8H,4,9H2,1-3H3. The fourth-order valence-corrected chi connectivity index (χ4v) is 1.81. The van der Waals surface area contributed by atoms with Crippen LogP contribution in [0.1, 0.15) is 18.1 Å². The first kappa shape index (κ1) is 12.6. The summed E-state index contributed by atoms with van der Waals surface area (Å²) in [5, 5.41) is 0. The van der Waals surface area contributed by atoms with Crippen LogP contribution in [-0.4, -0.2) is 13.7 Å². The van der Waals surface area contributed by atoms with Gasteiger partial charge >= 0.3 is 8.60 Å². The van der Waals surface area contributed by atoms with Crippen molar-refractivity contribution in [3.8, 4) is 0 Å². The van der Waals surface area contributed by atoms with Crippen molar-refractivity contribution in [2.75, 3.05) is 13.7 Å². The fourth-order valence-electron chi connectivity index (χ4n) is 1.06. The second-order valence-electron chi connectivity index (χ2n) is 3.08. The highest BCUT2D eigenvalue weighted by Crippen LogP contribution is 2.39. The second-order valence-corrected chi connectivity index (χ2v) is 4.41. The highest BCUT2D eigenvalue weighted by molar-refractivity contribution is 7.41. The maximum absolute atomic E-state index is 5.48. The third-order valence-electron chi connectivity index (χ3n) is 1.84. The molecule has 0 spiro atoms. The van der Waals surface area contributed by atoms with E-state index in [4.69, 9.17) is 13.6 Å². The van der Waals surface area contributed by atoms with E-state index in [1.807, 2.05) is 19.1 Å². The molecule has 1 unspecified atom stereocenters. The van der Waals surface area contributed by atoms with Crippen molar-refractivity contribution in [3.63, 3.8) is 0 Å². The van der Waals surface area contributed by atoms with E-state index >= 15 is 0 Å². The minimum atomic E-state index is -1.19. The van der Waals surface area contributed by atoms with Crippen LogP contribution in [0.2, 0.25) is 0 Å². The van der Waals surface area contributed by atoms with Gasteiger partial charge in [-0.05, 0) is 19.4 Å². The molecule has 0 bridgehead atoms. The zero-order valence-electron chi connectivity index (χ0n) is 9.40. The summed E-state index contributed by atoms with van der Waals surface area (Å²) in [5.74, 6) is 0. The molecule has 0 N–H and O–H groups in total. The molecule has 0 heterocycles. The van der Waals surface area contributed by atoms with E-state index in [1.54, 1.807) is 7.11 Å². The maximum atomic E-state index is 5.48. The molecule has 15 heavy (non-hydrogen) atoms. The molecule has 3 nitrogen and oxygen atoms in total. The van der Waals surface area contributed by atoms with E-state index in [2.05, 4.69) is 19.1 Å². The maximum Gasteiger partial charge on any atom is 0.332 e. The van der Waals surface area contributed by atoms with Gasteiger partial charge in [-0.3, -0.25) is 0 Å². The first-order valence-electron chi connectivity index (χ1n) is 4.92. The quantitative estimate of drug-likeness (QED) is 0.698. The lowest BCUT2D eigenvalue weighted by molar-refractivity contribution is 0.180. The number of hydrogen-bond acceptors (Lipinski definition) is 3. The van der Waals surface area contributed by atoms with Gasteiger partial charge in [0.25, 0.3) is 0 Å². The van der Waals surface area contributed by atoms with Gasteiger partial charge in [0.05, 0.1) is 13.2 Å². The lowest BCUT2D eigenvalue weighted by Crippen LogP contribution is -1.93. The molecule has 4 heteroatoms. The summed E-state index contributed by atoms with van der Waals surface area (Å²) < 4.78 is 15.8. The van der Waals surface area contributed by atoms with E-state index in [9.17, 15) is 0 Å². The van der Waals surface area contributed by atoms with Crippen LogP contribution in [0.3, 0.4) is 0 Å². The van der Waals surface area contributed by atoms with Crippen LogP contribution in [0.15, 0.2) is 24.3 Å². The minimum absolute atomic E-state index is 0.528. The molecule has 0 saturated carbocycles. The van der Waals surface area contributed by atoms with Gasteiger partial charge in [-0.2, -0.15) is 0 Å². The van der Waals surface area contributed by atoms with E-state index in [0.29, 0.717) is 13.2 Å². The van der Waals surface area contributed by atoms with E-state index in [0.717, 1.165) is 5.56 Å². The van der Waals surface area contributed by atoms with Gasteiger partial charge in [0.15, 0.2) is 0 Å². The Bertz CT molecular complexity index is 274. The SMILES string of the molecule is CCOP(OC)OCc1ccc(C)cc1. The van der Waals surface area contributed by atoms with Crippen molar-refractivity contribution in [1.29, 1.82) is 0 Å². The summed E-state index contributed by atoms with van der Waals surface area (Å²) in [6.45, 7) is 5.11. The first-order chi connectivity index (χ1) is 7.26. The van der Waals surface area contributed by atoms with Crippen LogP contribution >= 0.6 is 8.60 Å². The second kappa shape index (κ2) is 6.91. The van der Waals surface area contributed by atoms with E-state index in [-0.39, 0.29) is 0 Å². The van der Waals surface area contributed by atoms with Crippen molar-refractivity contribution >= 4 is 8.60 Å². The van der Waals surface area contributed by atoms with Gasteiger partial charge in [0.1, 0.15) is 0 Å². The molecule has 0 radical (unpaired) electrons. The third-order valence-corrected chi connectivity index (χ3v) is 2.95. The molecule has 84 valence electrons. The molecule has 0 fully saturated rings. The Labute approximate surface area is 92.4 Å². The van der Waals surface area contributed by atoms with Gasteiger partial charge in [-0.1, -0.05) is 29.8 Å². The molecule has 1 rings (SSSR count). The Morgan fingerprint density at radius 1 is 1.13 bits per heavy atom. The van der Waals surface area contributed by atoms with Crippen LogP contribution < -0.4 is 0 Å². The predicted octanol–water partition coefficient (Wildman–Crippen LogP) is 3.42. The summed E-state index contributed by atoms with van der Waals surface area (Å²) in [7, 11) is 0.404. The number of benzene rings is 1. The molecule has 1 atom stereocenters. The van der Waals surface area contributed by atoms with Crippen LogP contribution in [0, 0.1) is 6.92 Å². The zero-order chi connectivity index (χ0) is 11.1. The summed E-state index contributed by atoms with van der Waals surface area (Å²) in [5.41, 5.74) is 2.38. The Hall–Kier alpha value is -0.470. The summed E-state index contributed by atoms with van der Waals surface area (Å²) in [4.78, 5) is 0. The van der Waals surface area contributed by atoms with Crippen molar-refractivity contribution < 1.29 is 13.6 Å². The number of aryl methyl sites for hydroxylation is 1. The Kier molecular flexibility index (Phi) is 5.81. The van der Waals surface area contributed by atoms with Crippen LogP contribution in [0.4, 0.5) is 0 Å². The zero-order valence-corrected chi connectivity index (χ0v) is 10.3. The van der Waals surface area contributed by atoms with Gasteiger partial charge in [0, 0.05) is 7.11 Å². The molecule has 1 aromatic rings. The Morgan fingerprint density at radius 2 is 1.80 bits per heavy atom. The highest BCUT2D eigenvalue weighted by Gasteiger charge is 2.08. The highest BCUT2D eigenvalue weighted by atomic mass is 31.2. The third kappa shape index (κ3) is 4.72. The van der Waals surface area contributed by atoms with Gasteiger partial charge in [-0.25, -0.2) is 0 Å². The molecule has 0 amide bonds. The van der Waals surface area contributed by atoms with Gasteiger partial charge in [0.2, 0.25) is 0 Å². The Morgan fingerprint density at radius 3 is 2.33 bits per heavy atom. The largest absolute Gasteiger partial charge is 0.332 e. The monoisotopic (exact) mass is 228 g/mol. The lowest BCUT2D eigenvalue weighted by atomic mass is 10.2. The van der Waals surface area contributed by atoms with Crippen LogP contribution in [-0.2, 0) is 20.2 Å². The van der Waals surface area contributed by atoms with Crippen molar-refractivity contribution in [3.05, 3.63) is 35.4 Å². The topological polar surface area (TPSA) is 27.7 Å². The molecule has 0 saturated heterocycles. The average Bonchev–Trinajstić information content (AvgIpc) is 2.26. The first-order valence-corrected chi connectivity index (χ1v) is 6.01. The number of hydrogen-bond donors (Lipinski definition) is 0. The molecule has 0 aromatic heterocycles. The molecular weight excluding hydrogens is 211 g/mol. The smallest absolute Gasteiger partial charge is 0.316 e. The van der Waals surface area contributed by atoms with Gasteiger partial charge < -0.3 is 13.6 Å². The minimum Gasteiger partial charge on any atom is -0.316 e. The van der Waals surface area contributed by atoms with Crippen LogP contribution in [0.5, 0.6) is 0 Å². The summed E-state index contributed by atoms with van der Waals surface area (Å²) in [6.07, 6.45) is 0. The molecule has 0 aliphatic rings. The average molecular weight is 228 g/mol. The lowest BCUT2D eigenvalue weighted by Gasteiger charge is -2.13. The van der Waals surface area contributed by atoms with Crippen LogP contribution in [0.25, 0.3) is 0 Å². The van der Waals surface area contributed by atoms with Crippen molar-refractivity contribution in [2.45, 2.75) is 20.5 Å². The molecule has 0 aliphatic carbocycles. The Balaban J connectivity index is 2.38. The molecule has 1 aromatic carbocycles. The fraction of sp³-hybridized carbons (Fsp3) is 0.455. The molecular formula is C11H17O3P. The van der Waals surface area contributed by atoms with E-state index in [1.165, 1.54) is 5.56 Å². The van der Waals surface area contributed by atoms with Gasteiger partial charge in [-0.15, -0.1) is 0 Å². The van der Waals surface area contributed by atoms with Crippen molar-refractivity contribution in [2.24, 2.45) is 0 Å². The number of rotatable bonds is 6. The summed E-state index contributed by atoms with van der Waals surface area (Å²) in [6, 6.07) is 8.22. The van der Waals surface area contributed by atoms with E-state index < -0.39 is 8.60 Å². The normalized spacial score (nSPS) is 12.7. The predicted molar refractivity (Wildman–Crippen MR) is 61.5 cm³/mol.